The van der Waals surface area contributed by atoms with Crippen LogP contribution in [-0.4, -0.2) is 32.3 Å². The number of rotatable bonds is 6. The van der Waals surface area contributed by atoms with Gasteiger partial charge in [0.2, 0.25) is 0 Å². The van der Waals surface area contributed by atoms with Crippen molar-refractivity contribution < 1.29 is 17.9 Å². The summed E-state index contributed by atoms with van der Waals surface area (Å²) in [6, 6.07) is 4.95. The minimum atomic E-state index is -3.34. The van der Waals surface area contributed by atoms with Crippen LogP contribution < -0.4 is 15.4 Å². The van der Waals surface area contributed by atoms with E-state index in [1.165, 1.54) is 6.20 Å². The molecule has 7 nitrogen and oxygen atoms in total. The highest BCUT2D eigenvalue weighted by Crippen LogP contribution is 2.27. The number of nitrogens with one attached hydrogen (secondary N) is 2. The van der Waals surface area contributed by atoms with Crippen molar-refractivity contribution in [2.75, 3.05) is 23.5 Å². The molecule has 0 radical (unpaired) electrons. The number of hydrogen-bond acceptors (Lipinski definition) is 6. The van der Waals surface area contributed by atoms with Crippen LogP contribution in [0.3, 0.4) is 0 Å². The molecule has 9 heteroatoms. The quantitative estimate of drug-likeness (QED) is 0.795. The van der Waals surface area contributed by atoms with Gasteiger partial charge < -0.3 is 10.1 Å². The Balaban J connectivity index is 2.08. The van der Waals surface area contributed by atoms with Gasteiger partial charge in [0.05, 0.1) is 18.5 Å². The lowest BCUT2D eigenvalue weighted by molar-refractivity contribution is 0.260. The van der Waals surface area contributed by atoms with Gasteiger partial charge in [-0.15, -0.1) is 0 Å². The van der Waals surface area contributed by atoms with Gasteiger partial charge >= 0.3 is 6.03 Å². The van der Waals surface area contributed by atoms with E-state index < -0.39 is 15.9 Å². The van der Waals surface area contributed by atoms with Crippen molar-refractivity contribution in [3.05, 3.63) is 30.0 Å². The van der Waals surface area contributed by atoms with Gasteiger partial charge in [-0.25, -0.2) is 18.2 Å². The summed E-state index contributed by atoms with van der Waals surface area (Å²) in [5.41, 5.74) is 1.55. The lowest BCUT2D eigenvalue weighted by Crippen LogP contribution is -2.20. The van der Waals surface area contributed by atoms with Gasteiger partial charge in [0.25, 0.3) is 0 Å². The molecule has 0 atom stereocenters. The van der Waals surface area contributed by atoms with E-state index in [2.05, 4.69) is 15.6 Å². The van der Waals surface area contributed by atoms with E-state index in [0.29, 0.717) is 24.0 Å². The Morgan fingerprint density at radius 3 is 2.64 bits per heavy atom. The summed E-state index contributed by atoms with van der Waals surface area (Å²) in [7, 11) is -3.34. The van der Waals surface area contributed by atoms with E-state index in [1.54, 1.807) is 6.07 Å². The molecule has 0 aliphatic rings. The van der Waals surface area contributed by atoms with Crippen molar-refractivity contribution in [1.29, 1.82) is 0 Å². The SMILES string of the molecule is Cc1ccc(NC(=O)Nc2ncc(S(C)(=O)=O)s2)c(OCC(C)C)c1. The Kier molecular flexibility index (Phi) is 6.02. The van der Waals surface area contributed by atoms with E-state index in [4.69, 9.17) is 4.74 Å². The second-order valence-electron chi connectivity index (χ2n) is 6.04. The lowest BCUT2D eigenvalue weighted by atomic mass is 10.2. The number of nitrogens with zero attached hydrogens (tertiary/aromatic N) is 1. The average molecular weight is 383 g/mol. The molecule has 136 valence electrons. The van der Waals surface area contributed by atoms with E-state index >= 15 is 0 Å². The molecule has 1 heterocycles. The highest BCUT2D eigenvalue weighted by atomic mass is 32.2. The summed E-state index contributed by atoms with van der Waals surface area (Å²) in [6.07, 6.45) is 2.31. The Bertz CT molecular complexity index is 860. The Hall–Kier alpha value is -2.13. The minimum Gasteiger partial charge on any atom is -0.491 e. The largest absolute Gasteiger partial charge is 0.491 e. The number of sulfone groups is 1. The summed E-state index contributed by atoms with van der Waals surface area (Å²) in [6.45, 7) is 6.55. The van der Waals surface area contributed by atoms with Crippen LogP contribution in [0, 0.1) is 12.8 Å². The molecule has 0 saturated carbocycles. The lowest BCUT2D eigenvalue weighted by Gasteiger charge is -2.14. The molecule has 25 heavy (non-hydrogen) atoms. The first kappa shape index (κ1) is 19.2. The van der Waals surface area contributed by atoms with Gasteiger partial charge in [-0.2, -0.15) is 0 Å². The van der Waals surface area contributed by atoms with Crippen LogP contribution in [0.5, 0.6) is 5.75 Å². The van der Waals surface area contributed by atoms with E-state index in [-0.39, 0.29) is 9.34 Å². The number of urea groups is 1. The minimum absolute atomic E-state index is 0.0964. The Morgan fingerprint density at radius 1 is 1.32 bits per heavy atom. The second-order valence-corrected chi connectivity index (χ2v) is 9.31. The first-order valence-electron chi connectivity index (χ1n) is 7.62. The predicted molar refractivity (Wildman–Crippen MR) is 99.4 cm³/mol. The van der Waals surface area contributed by atoms with Crippen LogP contribution in [0.4, 0.5) is 15.6 Å². The number of thiazole rings is 1. The van der Waals surface area contributed by atoms with Gasteiger partial charge in [0, 0.05) is 6.26 Å². The Morgan fingerprint density at radius 2 is 2.04 bits per heavy atom. The summed E-state index contributed by atoms with van der Waals surface area (Å²) in [5.74, 6) is 0.937. The topological polar surface area (TPSA) is 97.4 Å². The summed E-state index contributed by atoms with van der Waals surface area (Å²) >= 11 is 0.897. The van der Waals surface area contributed by atoms with Crippen molar-refractivity contribution in [3.8, 4) is 5.75 Å². The first-order valence-corrected chi connectivity index (χ1v) is 10.3. The molecule has 0 bridgehead atoms. The fourth-order valence-electron chi connectivity index (χ4n) is 1.85. The van der Waals surface area contributed by atoms with Gasteiger partial charge in [0.15, 0.2) is 15.0 Å². The molecule has 0 aliphatic heterocycles. The first-order chi connectivity index (χ1) is 11.6. The van der Waals surface area contributed by atoms with Crippen molar-refractivity contribution in [1.82, 2.24) is 4.98 Å². The number of carbonyl (C=O) groups excluding carboxylic acids is 1. The van der Waals surface area contributed by atoms with E-state index in [1.807, 2.05) is 32.9 Å². The van der Waals surface area contributed by atoms with Crippen LogP contribution in [0.15, 0.2) is 28.6 Å². The average Bonchev–Trinajstić information content (AvgIpc) is 2.96. The number of aryl methyl sites for hydroxylation is 1. The second kappa shape index (κ2) is 7.83. The standard InChI is InChI=1S/C16H21N3O4S2/c1-10(2)9-23-13-7-11(3)5-6-12(13)18-15(20)19-16-17-8-14(24-16)25(4,21)22/h5-8,10H,9H2,1-4H3,(H2,17,18,19,20). The molecular formula is C16H21N3O4S2. The summed E-state index contributed by atoms with van der Waals surface area (Å²) in [4.78, 5) is 16.1. The Labute approximate surface area is 151 Å². The van der Waals surface area contributed by atoms with E-state index in [9.17, 15) is 13.2 Å². The smallest absolute Gasteiger partial charge is 0.325 e. The third-order valence-corrected chi connectivity index (χ3v) is 5.73. The highest BCUT2D eigenvalue weighted by molar-refractivity contribution is 7.92. The molecule has 2 aromatic rings. The van der Waals surface area contributed by atoms with Crippen LogP contribution >= 0.6 is 11.3 Å². The molecule has 1 aromatic carbocycles. The zero-order chi connectivity index (χ0) is 18.6. The maximum absolute atomic E-state index is 12.2. The highest BCUT2D eigenvalue weighted by Gasteiger charge is 2.15. The van der Waals surface area contributed by atoms with Gasteiger partial charge in [0.1, 0.15) is 9.96 Å². The number of aromatic nitrogens is 1. The van der Waals surface area contributed by atoms with Crippen LogP contribution in [-0.2, 0) is 9.84 Å². The fourth-order valence-corrected chi connectivity index (χ4v) is 3.48. The fraction of sp³-hybridized carbons (Fsp3) is 0.375. The van der Waals surface area contributed by atoms with Crippen molar-refractivity contribution >= 4 is 38.0 Å². The summed E-state index contributed by atoms with van der Waals surface area (Å²) in [5, 5.41) is 5.43. The molecule has 0 aliphatic carbocycles. The molecule has 0 unspecified atom stereocenters. The van der Waals surface area contributed by atoms with Crippen LogP contribution in [0.1, 0.15) is 19.4 Å². The zero-order valence-corrected chi connectivity index (χ0v) is 16.1. The molecular weight excluding hydrogens is 362 g/mol. The predicted octanol–water partition coefficient (Wildman–Crippen LogP) is 3.53. The maximum atomic E-state index is 12.2. The van der Waals surface area contributed by atoms with Gasteiger partial charge in [-0.3, -0.25) is 5.32 Å². The number of anilines is 2. The third kappa shape index (κ3) is 5.71. The van der Waals surface area contributed by atoms with Gasteiger partial charge in [-0.1, -0.05) is 31.3 Å². The molecule has 0 fully saturated rings. The molecule has 1 aromatic heterocycles. The van der Waals surface area contributed by atoms with Crippen molar-refractivity contribution in [3.63, 3.8) is 0 Å². The maximum Gasteiger partial charge on any atom is 0.325 e. The molecule has 0 spiro atoms. The summed E-state index contributed by atoms with van der Waals surface area (Å²) < 4.78 is 28.7. The zero-order valence-electron chi connectivity index (χ0n) is 14.5. The molecule has 0 saturated heterocycles. The van der Waals surface area contributed by atoms with Crippen molar-refractivity contribution in [2.24, 2.45) is 5.92 Å². The molecule has 2 amide bonds. The number of benzene rings is 1. The number of hydrogen-bond donors (Lipinski definition) is 2. The van der Waals surface area contributed by atoms with Crippen LogP contribution in [0.2, 0.25) is 0 Å². The molecule has 2 rings (SSSR count). The van der Waals surface area contributed by atoms with Crippen LogP contribution in [0.25, 0.3) is 0 Å². The van der Waals surface area contributed by atoms with Crippen molar-refractivity contribution in [2.45, 2.75) is 25.0 Å². The third-order valence-electron chi connectivity index (χ3n) is 3.03. The van der Waals surface area contributed by atoms with E-state index in [0.717, 1.165) is 23.2 Å². The normalized spacial score (nSPS) is 11.4. The molecule has 2 N–H and O–H groups in total. The number of carbonyl (C=O) groups is 1. The monoisotopic (exact) mass is 383 g/mol. The number of amides is 2. The number of ether oxygens (including phenoxy) is 1. The van der Waals surface area contributed by atoms with Gasteiger partial charge in [-0.05, 0) is 30.5 Å².